The lowest BCUT2D eigenvalue weighted by atomic mass is 9.98. The molecule has 39 heavy (non-hydrogen) atoms. The third kappa shape index (κ3) is 9.53. The number of ether oxygens (including phenoxy) is 5. The second kappa shape index (κ2) is 14.9. The van der Waals surface area contributed by atoms with Crippen LogP contribution in [0.15, 0.2) is 48.5 Å². The number of hydrogen-bond donors (Lipinski definition) is 0. The fraction of sp³-hybridized carbons (Fsp3) is 0.533. The number of amides is 2. The molecule has 0 unspecified atom stereocenters. The molecule has 9 nitrogen and oxygen atoms in total. The Bertz CT molecular complexity index is 1020. The van der Waals surface area contributed by atoms with Gasteiger partial charge in [-0.3, -0.25) is 0 Å². The lowest BCUT2D eigenvalue weighted by Gasteiger charge is -2.24. The number of nitrogens with zero attached hydrogens (tertiary/aromatic N) is 2. The van der Waals surface area contributed by atoms with E-state index >= 15 is 0 Å². The minimum absolute atomic E-state index is 0.0398. The summed E-state index contributed by atoms with van der Waals surface area (Å²) in [6.45, 7) is 9.14. The van der Waals surface area contributed by atoms with Crippen LogP contribution in [0.1, 0.15) is 37.8 Å². The van der Waals surface area contributed by atoms with Crippen LogP contribution >= 0.6 is 0 Å². The van der Waals surface area contributed by atoms with E-state index < -0.39 is 5.60 Å². The number of hydrogen-bond acceptors (Lipinski definition) is 7. The fourth-order valence-corrected chi connectivity index (χ4v) is 4.17. The Morgan fingerprint density at radius 3 is 1.62 bits per heavy atom. The average Bonchev–Trinajstić information content (AvgIpc) is 3.22. The average molecular weight is 543 g/mol. The van der Waals surface area contributed by atoms with E-state index in [1.807, 2.05) is 45.0 Å². The Balaban J connectivity index is 1.21. The SMILES string of the molecule is CN(CCOCCOCCOCCN(C)C(=O)OC(C)(C)C)C(=O)OCC1c2ccccc2-c2ccccc21. The molecule has 0 saturated carbocycles. The molecule has 2 amide bonds. The third-order valence-electron chi connectivity index (χ3n) is 6.24. The molecule has 214 valence electrons. The van der Waals surface area contributed by atoms with E-state index in [0.29, 0.717) is 59.3 Å². The number of carbonyl (C=O) groups is 2. The summed E-state index contributed by atoms with van der Waals surface area (Å²) in [5, 5.41) is 0. The molecule has 2 aromatic carbocycles. The molecule has 0 N–H and O–H groups in total. The smallest absolute Gasteiger partial charge is 0.410 e. The van der Waals surface area contributed by atoms with Crippen LogP contribution in [-0.2, 0) is 23.7 Å². The van der Waals surface area contributed by atoms with Crippen molar-refractivity contribution in [3.63, 3.8) is 0 Å². The monoisotopic (exact) mass is 542 g/mol. The van der Waals surface area contributed by atoms with Crippen molar-refractivity contribution >= 4 is 12.2 Å². The minimum atomic E-state index is -0.517. The Morgan fingerprint density at radius 1 is 0.692 bits per heavy atom. The van der Waals surface area contributed by atoms with Gasteiger partial charge >= 0.3 is 12.2 Å². The summed E-state index contributed by atoms with van der Waals surface area (Å²) in [5.41, 5.74) is 4.27. The summed E-state index contributed by atoms with van der Waals surface area (Å²) in [6, 6.07) is 16.5. The Kier molecular flexibility index (Phi) is 11.6. The molecule has 1 aliphatic carbocycles. The van der Waals surface area contributed by atoms with Crippen LogP contribution in [0.5, 0.6) is 0 Å². The van der Waals surface area contributed by atoms with Crippen LogP contribution in [0.3, 0.4) is 0 Å². The standard InChI is InChI=1S/C30H42N2O7/c1-30(2,3)39-29(34)32(5)15-17-36-19-21-37-20-18-35-16-14-31(4)28(33)38-22-27-25-12-8-6-10-23(25)24-11-7-9-13-26(24)27/h6-13,27H,14-22H2,1-5H3. The predicted octanol–water partition coefficient (Wildman–Crippen LogP) is 4.78. The summed E-state index contributed by atoms with van der Waals surface area (Å²) in [5.74, 6) is 0.0398. The van der Waals surface area contributed by atoms with E-state index in [2.05, 4.69) is 24.3 Å². The van der Waals surface area contributed by atoms with E-state index in [0.717, 1.165) is 0 Å². The highest BCUT2D eigenvalue weighted by Gasteiger charge is 2.29. The summed E-state index contributed by atoms with van der Waals surface area (Å²) in [4.78, 5) is 27.4. The third-order valence-corrected chi connectivity index (χ3v) is 6.24. The fourth-order valence-electron chi connectivity index (χ4n) is 4.17. The first kappa shape index (κ1) is 30.4. The first-order chi connectivity index (χ1) is 18.7. The maximum atomic E-state index is 12.5. The van der Waals surface area contributed by atoms with Crippen molar-refractivity contribution in [3.05, 3.63) is 59.7 Å². The Morgan fingerprint density at radius 2 is 1.13 bits per heavy atom. The van der Waals surface area contributed by atoms with Gasteiger partial charge in [-0.25, -0.2) is 9.59 Å². The lowest BCUT2D eigenvalue weighted by Crippen LogP contribution is -2.36. The highest BCUT2D eigenvalue weighted by atomic mass is 16.6. The summed E-state index contributed by atoms with van der Waals surface area (Å²) in [7, 11) is 3.38. The van der Waals surface area contributed by atoms with Gasteiger partial charge < -0.3 is 33.5 Å². The van der Waals surface area contributed by atoms with Crippen molar-refractivity contribution in [2.75, 3.05) is 73.4 Å². The van der Waals surface area contributed by atoms with Gasteiger partial charge in [0.05, 0.1) is 39.6 Å². The molecule has 0 spiro atoms. The van der Waals surface area contributed by atoms with Crippen molar-refractivity contribution in [1.29, 1.82) is 0 Å². The Hall–Kier alpha value is -3.14. The summed E-state index contributed by atoms with van der Waals surface area (Å²) in [6.07, 6.45) is -0.741. The molecule has 0 atom stereocenters. The van der Waals surface area contributed by atoms with Crippen LogP contribution in [0.2, 0.25) is 0 Å². The van der Waals surface area contributed by atoms with Crippen molar-refractivity contribution < 1.29 is 33.3 Å². The zero-order valence-corrected chi connectivity index (χ0v) is 23.8. The van der Waals surface area contributed by atoms with Crippen molar-refractivity contribution in [2.45, 2.75) is 32.3 Å². The number of benzene rings is 2. The van der Waals surface area contributed by atoms with Crippen LogP contribution < -0.4 is 0 Å². The van der Waals surface area contributed by atoms with Gasteiger partial charge in [-0.05, 0) is 43.0 Å². The molecule has 0 fully saturated rings. The maximum absolute atomic E-state index is 12.5. The summed E-state index contributed by atoms with van der Waals surface area (Å²) < 4.78 is 27.5. The molecule has 0 heterocycles. The largest absolute Gasteiger partial charge is 0.448 e. The molecule has 9 heteroatoms. The molecule has 2 aromatic rings. The zero-order valence-electron chi connectivity index (χ0n) is 23.8. The second-order valence-electron chi connectivity index (χ2n) is 10.5. The first-order valence-corrected chi connectivity index (χ1v) is 13.4. The predicted molar refractivity (Wildman–Crippen MR) is 149 cm³/mol. The van der Waals surface area contributed by atoms with E-state index in [1.54, 1.807) is 14.1 Å². The highest BCUT2D eigenvalue weighted by Crippen LogP contribution is 2.44. The van der Waals surface area contributed by atoms with Gasteiger partial charge in [-0.15, -0.1) is 0 Å². The van der Waals surface area contributed by atoms with E-state index in [1.165, 1.54) is 32.1 Å². The van der Waals surface area contributed by atoms with Crippen molar-refractivity contribution in [1.82, 2.24) is 9.80 Å². The number of likely N-dealkylation sites (N-methyl/N-ethyl adjacent to an activating group) is 2. The highest BCUT2D eigenvalue weighted by molar-refractivity contribution is 5.79. The van der Waals surface area contributed by atoms with Crippen molar-refractivity contribution in [2.24, 2.45) is 0 Å². The number of carbonyl (C=O) groups excluding carboxylic acids is 2. The molecule has 0 aromatic heterocycles. The molecular weight excluding hydrogens is 500 g/mol. The summed E-state index contributed by atoms with van der Waals surface area (Å²) >= 11 is 0. The number of fused-ring (bicyclic) bond motifs is 3. The number of rotatable bonds is 14. The minimum Gasteiger partial charge on any atom is -0.448 e. The zero-order chi connectivity index (χ0) is 28.3. The normalized spacial score (nSPS) is 12.5. The van der Waals surface area contributed by atoms with Crippen LogP contribution in [0, 0.1) is 0 Å². The van der Waals surface area contributed by atoms with Gasteiger partial charge in [0.2, 0.25) is 0 Å². The molecule has 0 saturated heterocycles. The second-order valence-corrected chi connectivity index (χ2v) is 10.5. The lowest BCUT2D eigenvalue weighted by molar-refractivity contribution is 0.00306. The van der Waals surface area contributed by atoms with Gasteiger partial charge in [-0.1, -0.05) is 48.5 Å². The molecule has 0 bridgehead atoms. The van der Waals surface area contributed by atoms with Gasteiger partial charge in [0.15, 0.2) is 0 Å². The molecule has 0 aliphatic heterocycles. The quantitative estimate of drug-likeness (QED) is 0.318. The van der Waals surface area contributed by atoms with Crippen molar-refractivity contribution in [3.8, 4) is 11.1 Å². The van der Waals surface area contributed by atoms with Crippen LogP contribution in [-0.4, -0.2) is 101 Å². The van der Waals surface area contributed by atoms with Crippen LogP contribution in [0.25, 0.3) is 11.1 Å². The molecule has 0 radical (unpaired) electrons. The van der Waals surface area contributed by atoms with Gasteiger partial charge in [0.25, 0.3) is 0 Å². The maximum Gasteiger partial charge on any atom is 0.410 e. The van der Waals surface area contributed by atoms with Gasteiger partial charge in [0, 0.05) is 33.1 Å². The van der Waals surface area contributed by atoms with E-state index in [4.69, 9.17) is 23.7 Å². The molecular formula is C30H42N2O7. The molecule has 3 rings (SSSR count). The topological polar surface area (TPSA) is 86.8 Å². The van der Waals surface area contributed by atoms with Gasteiger partial charge in [-0.2, -0.15) is 0 Å². The van der Waals surface area contributed by atoms with E-state index in [-0.39, 0.29) is 18.1 Å². The molecule has 1 aliphatic rings. The van der Waals surface area contributed by atoms with Crippen LogP contribution in [0.4, 0.5) is 9.59 Å². The van der Waals surface area contributed by atoms with Gasteiger partial charge in [0.1, 0.15) is 12.2 Å². The van der Waals surface area contributed by atoms with E-state index in [9.17, 15) is 9.59 Å². The Labute approximate surface area is 231 Å². The first-order valence-electron chi connectivity index (χ1n) is 13.4.